The molecule has 2 atom stereocenters. The predicted octanol–water partition coefficient (Wildman–Crippen LogP) is 1.69. The standard InChI is InChI=1S/C17H30N4O2/c1-5-20-10-11-21(17(22)14(2)7-6-12-23-4)13-15(20)16-18-8-9-19(16)3/h8-9,14-15H,5-7,10-13H2,1-4H3/t14-,15-/m1/s1. The summed E-state index contributed by atoms with van der Waals surface area (Å²) < 4.78 is 7.14. The van der Waals surface area contributed by atoms with Crippen molar-refractivity contribution in [1.29, 1.82) is 0 Å². The van der Waals surface area contributed by atoms with Crippen LogP contribution >= 0.6 is 0 Å². The number of aromatic nitrogens is 2. The van der Waals surface area contributed by atoms with E-state index in [0.29, 0.717) is 0 Å². The number of likely N-dealkylation sites (N-methyl/N-ethyl adjacent to an activating group) is 1. The maximum absolute atomic E-state index is 12.7. The number of piperazine rings is 1. The molecular weight excluding hydrogens is 292 g/mol. The molecule has 0 bridgehead atoms. The summed E-state index contributed by atoms with van der Waals surface area (Å²) in [6.07, 6.45) is 5.61. The van der Waals surface area contributed by atoms with Gasteiger partial charge >= 0.3 is 0 Å². The molecule has 2 rings (SSSR count). The van der Waals surface area contributed by atoms with Gasteiger partial charge in [0.1, 0.15) is 5.82 Å². The molecule has 130 valence electrons. The van der Waals surface area contributed by atoms with Gasteiger partial charge in [0.05, 0.1) is 6.04 Å². The van der Waals surface area contributed by atoms with E-state index in [4.69, 9.17) is 4.74 Å². The molecule has 0 aliphatic carbocycles. The Morgan fingerprint density at radius 3 is 2.87 bits per heavy atom. The second kappa shape index (κ2) is 8.45. The number of nitrogens with zero attached hydrogens (tertiary/aromatic N) is 4. The van der Waals surface area contributed by atoms with E-state index < -0.39 is 0 Å². The average Bonchev–Trinajstić information content (AvgIpc) is 2.99. The van der Waals surface area contributed by atoms with Gasteiger partial charge in [0, 0.05) is 58.7 Å². The molecule has 0 spiro atoms. The van der Waals surface area contributed by atoms with Crippen LogP contribution in [0.15, 0.2) is 12.4 Å². The first-order valence-electron chi connectivity index (χ1n) is 8.57. The molecule has 1 fully saturated rings. The number of imidazole rings is 1. The van der Waals surface area contributed by atoms with E-state index in [9.17, 15) is 4.79 Å². The third kappa shape index (κ3) is 4.32. The minimum atomic E-state index is 0.0559. The number of carbonyl (C=O) groups excluding carboxylic acids is 1. The molecule has 1 aliphatic heterocycles. The quantitative estimate of drug-likeness (QED) is 0.717. The van der Waals surface area contributed by atoms with Crippen molar-refractivity contribution in [3.8, 4) is 0 Å². The van der Waals surface area contributed by atoms with Crippen molar-refractivity contribution >= 4 is 5.91 Å². The van der Waals surface area contributed by atoms with Gasteiger partial charge in [-0.3, -0.25) is 9.69 Å². The fraction of sp³-hybridized carbons (Fsp3) is 0.765. The monoisotopic (exact) mass is 322 g/mol. The molecule has 1 aromatic heterocycles. The molecule has 0 radical (unpaired) electrons. The van der Waals surface area contributed by atoms with Crippen molar-refractivity contribution < 1.29 is 9.53 Å². The van der Waals surface area contributed by atoms with E-state index in [2.05, 4.69) is 21.4 Å². The topological polar surface area (TPSA) is 50.6 Å². The number of hydrogen-bond acceptors (Lipinski definition) is 4. The summed E-state index contributed by atoms with van der Waals surface area (Å²) in [5.41, 5.74) is 0. The first-order chi connectivity index (χ1) is 11.1. The Kier molecular flexibility index (Phi) is 6.59. The maximum Gasteiger partial charge on any atom is 0.225 e. The molecule has 0 aromatic carbocycles. The van der Waals surface area contributed by atoms with Gasteiger partial charge in [-0.15, -0.1) is 0 Å². The fourth-order valence-electron chi connectivity index (χ4n) is 3.31. The van der Waals surface area contributed by atoms with Crippen LogP contribution in [-0.2, 0) is 16.6 Å². The molecular formula is C17H30N4O2. The predicted molar refractivity (Wildman–Crippen MR) is 90.1 cm³/mol. The lowest BCUT2D eigenvalue weighted by Crippen LogP contribution is -2.52. The van der Waals surface area contributed by atoms with Gasteiger partial charge in [-0.05, 0) is 19.4 Å². The number of amides is 1. The van der Waals surface area contributed by atoms with Crippen molar-refractivity contribution in [1.82, 2.24) is 19.4 Å². The van der Waals surface area contributed by atoms with E-state index in [0.717, 1.165) is 51.5 Å². The van der Waals surface area contributed by atoms with Gasteiger partial charge < -0.3 is 14.2 Å². The van der Waals surface area contributed by atoms with Crippen molar-refractivity contribution in [2.75, 3.05) is 39.9 Å². The Balaban J connectivity index is 2.02. The SMILES string of the molecule is CCN1CCN(C(=O)[C@H](C)CCCOC)C[C@@H]1c1nccn1C. The van der Waals surface area contributed by atoms with Crippen molar-refractivity contribution in [3.63, 3.8) is 0 Å². The lowest BCUT2D eigenvalue weighted by molar-refractivity contribution is -0.138. The molecule has 1 amide bonds. The molecule has 1 aromatic rings. The second-order valence-electron chi connectivity index (χ2n) is 6.36. The number of ether oxygens (including phenoxy) is 1. The Morgan fingerprint density at radius 2 is 2.26 bits per heavy atom. The number of aryl methyl sites for hydroxylation is 1. The van der Waals surface area contributed by atoms with Crippen LogP contribution in [-0.4, -0.2) is 65.2 Å². The summed E-state index contributed by atoms with van der Waals surface area (Å²) in [5, 5.41) is 0. The minimum Gasteiger partial charge on any atom is -0.385 e. The molecule has 0 unspecified atom stereocenters. The maximum atomic E-state index is 12.7. The third-order valence-electron chi connectivity index (χ3n) is 4.77. The van der Waals surface area contributed by atoms with Crippen LogP contribution in [0.5, 0.6) is 0 Å². The molecule has 6 heteroatoms. The summed E-state index contributed by atoms with van der Waals surface area (Å²) in [6.45, 7) is 8.33. The van der Waals surface area contributed by atoms with Crippen molar-refractivity contribution in [3.05, 3.63) is 18.2 Å². The minimum absolute atomic E-state index is 0.0559. The zero-order valence-corrected chi connectivity index (χ0v) is 14.9. The number of rotatable bonds is 7. The van der Waals surface area contributed by atoms with E-state index in [1.54, 1.807) is 7.11 Å². The average molecular weight is 322 g/mol. The van der Waals surface area contributed by atoms with Crippen LogP contribution in [0.25, 0.3) is 0 Å². The zero-order chi connectivity index (χ0) is 16.8. The highest BCUT2D eigenvalue weighted by atomic mass is 16.5. The highest BCUT2D eigenvalue weighted by Gasteiger charge is 2.33. The summed E-state index contributed by atoms with van der Waals surface area (Å²) in [6, 6.07) is 0.184. The molecule has 0 saturated carbocycles. The fourth-order valence-corrected chi connectivity index (χ4v) is 3.31. The largest absolute Gasteiger partial charge is 0.385 e. The smallest absolute Gasteiger partial charge is 0.225 e. The number of methoxy groups -OCH3 is 1. The third-order valence-corrected chi connectivity index (χ3v) is 4.77. The Hall–Kier alpha value is -1.40. The molecule has 23 heavy (non-hydrogen) atoms. The zero-order valence-electron chi connectivity index (χ0n) is 14.9. The van der Waals surface area contributed by atoms with E-state index >= 15 is 0 Å². The Bertz CT molecular complexity index is 503. The first kappa shape index (κ1) is 17.9. The summed E-state index contributed by atoms with van der Waals surface area (Å²) in [5.74, 6) is 1.35. The van der Waals surface area contributed by atoms with Crippen LogP contribution in [0.1, 0.15) is 38.6 Å². The molecule has 2 heterocycles. The second-order valence-corrected chi connectivity index (χ2v) is 6.36. The summed E-state index contributed by atoms with van der Waals surface area (Å²) >= 11 is 0. The lowest BCUT2D eigenvalue weighted by Gasteiger charge is -2.41. The van der Waals surface area contributed by atoms with E-state index in [-0.39, 0.29) is 17.9 Å². The van der Waals surface area contributed by atoms with Gasteiger partial charge in [-0.2, -0.15) is 0 Å². The van der Waals surface area contributed by atoms with Gasteiger partial charge in [-0.25, -0.2) is 4.98 Å². The Labute approximate surface area is 139 Å². The lowest BCUT2D eigenvalue weighted by atomic mass is 10.0. The van der Waals surface area contributed by atoms with Gasteiger partial charge in [-0.1, -0.05) is 13.8 Å². The van der Waals surface area contributed by atoms with E-state index in [1.165, 1.54) is 0 Å². The number of hydrogen-bond donors (Lipinski definition) is 0. The van der Waals surface area contributed by atoms with Gasteiger partial charge in [0.25, 0.3) is 0 Å². The Morgan fingerprint density at radius 1 is 1.48 bits per heavy atom. The van der Waals surface area contributed by atoms with Gasteiger partial charge in [0.2, 0.25) is 5.91 Å². The first-order valence-corrected chi connectivity index (χ1v) is 8.57. The number of carbonyl (C=O) groups is 1. The van der Waals surface area contributed by atoms with E-state index in [1.807, 2.05) is 31.3 Å². The summed E-state index contributed by atoms with van der Waals surface area (Å²) in [7, 11) is 3.72. The van der Waals surface area contributed by atoms with Crippen LogP contribution in [0.2, 0.25) is 0 Å². The summed E-state index contributed by atoms with van der Waals surface area (Å²) in [4.78, 5) is 21.7. The van der Waals surface area contributed by atoms with Crippen molar-refractivity contribution in [2.24, 2.45) is 13.0 Å². The molecule has 1 aliphatic rings. The highest BCUT2D eigenvalue weighted by Crippen LogP contribution is 2.25. The van der Waals surface area contributed by atoms with Crippen LogP contribution < -0.4 is 0 Å². The van der Waals surface area contributed by atoms with Crippen LogP contribution in [0, 0.1) is 5.92 Å². The normalized spacial score (nSPS) is 20.7. The van der Waals surface area contributed by atoms with Crippen molar-refractivity contribution in [2.45, 2.75) is 32.7 Å². The highest BCUT2D eigenvalue weighted by molar-refractivity contribution is 5.78. The molecule has 1 saturated heterocycles. The van der Waals surface area contributed by atoms with Crippen LogP contribution in [0.4, 0.5) is 0 Å². The molecule has 6 nitrogen and oxygen atoms in total. The van der Waals surface area contributed by atoms with Gasteiger partial charge in [0.15, 0.2) is 0 Å². The molecule has 0 N–H and O–H groups in total. The van der Waals surface area contributed by atoms with Crippen LogP contribution in [0.3, 0.4) is 0 Å².